The third kappa shape index (κ3) is 10.5. The number of amides is 1. The molecule has 10 heteroatoms. The number of nitrogens with one attached hydrogen (secondary N) is 2. The van der Waals surface area contributed by atoms with Crippen LogP contribution in [-0.2, 0) is 21.4 Å². The highest BCUT2D eigenvalue weighted by atomic mass is 35.5. The maximum absolute atomic E-state index is 12.6. The Bertz CT molecular complexity index is 1140. The zero-order valence-corrected chi connectivity index (χ0v) is 22.9. The number of carbonyl (C=O) groups excluding carboxylic acids is 2. The number of hydrogen-bond acceptors (Lipinski definition) is 5. The summed E-state index contributed by atoms with van der Waals surface area (Å²) in [6, 6.07) is 12.5. The molecular weight excluding hydrogens is 523 g/mol. The molecular formula is C27H31ClF3N3O2S. The lowest BCUT2D eigenvalue weighted by Gasteiger charge is -2.17. The molecule has 3 rings (SSSR count). The molecule has 2 aromatic carbocycles. The van der Waals surface area contributed by atoms with E-state index < -0.39 is 22.9 Å². The van der Waals surface area contributed by atoms with E-state index >= 15 is 0 Å². The lowest BCUT2D eigenvalue weighted by Crippen LogP contribution is -2.19. The minimum Gasteiger partial charge on any atom is -0.386 e. The van der Waals surface area contributed by atoms with Crippen LogP contribution in [0.1, 0.15) is 32.0 Å². The van der Waals surface area contributed by atoms with Gasteiger partial charge in [-0.05, 0) is 49.4 Å². The van der Waals surface area contributed by atoms with Crippen LogP contribution in [0.25, 0.3) is 0 Å². The summed E-state index contributed by atoms with van der Waals surface area (Å²) in [7, 11) is 1.43. The van der Waals surface area contributed by atoms with Crippen LogP contribution in [0.3, 0.4) is 0 Å². The van der Waals surface area contributed by atoms with E-state index in [-0.39, 0.29) is 18.0 Å². The average molecular weight is 554 g/mol. The van der Waals surface area contributed by atoms with E-state index in [9.17, 15) is 22.8 Å². The van der Waals surface area contributed by atoms with Gasteiger partial charge in [-0.25, -0.2) is 13.2 Å². The van der Waals surface area contributed by atoms with Crippen LogP contribution in [0, 0.1) is 17.5 Å². The van der Waals surface area contributed by atoms with Crippen molar-refractivity contribution < 1.29 is 22.8 Å². The summed E-state index contributed by atoms with van der Waals surface area (Å²) >= 11 is 6.36. The standard InChI is InChI=1S/C19H22N2O2S.C7H6F3N.CH3Cl/c1-4-24-17-10-9-16(20-12-17)11-18(23)21-15-7-5-14(6-8-15)19(2,3)13-22;1-11-7-3-5(9)4(8)2-6(7)10;1-2/h5-10,12-13H,4,11H2,1-3H3,(H,21,23);2-3,11H,1H3;1H3. The molecule has 2 N–H and O–H groups in total. The van der Waals surface area contributed by atoms with Crippen molar-refractivity contribution in [2.24, 2.45) is 0 Å². The Balaban J connectivity index is 0.000000439. The second-order valence-corrected chi connectivity index (χ2v) is 9.39. The van der Waals surface area contributed by atoms with Gasteiger partial charge in [0.25, 0.3) is 0 Å². The van der Waals surface area contributed by atoms with Gasteiger partial charge in [0.1, 0.15) is 12.1 Å². The second kappa shape index (κ2) is 15.9. The molecule has 0 atom stereocenters. The highest BCUT2D eigenvalue weighted by molar-refractivity contribution is 7.99. The molecule has 1 aromatic heterocycles. The summed E-state index contributed by atoms with van der Waals surface area (Å²) in [5.74, 6) is -2.15. The molecule has 0 aliphatic heterocycles. The molecule has 3 aromatic rings. The van der Waals surface area contributed by atoms with Crippen LogP contribution in [-0.4, -0.2) is 36.4 Å². The van der Waals surface area contributed by atoms with Gasteiger partial charge in [-0.3, -0.25) is 9.78 Å². The molecule has 0 radical (unpaired) electrons. The topological polar surface area (TPSA) is 71.1 Å². The van der Waals surface area contributed by atoms with Gasteiger partial charge in [0.2, 0.25) is 5.91 Å². The van der Waals surface area contributed by atoms with Crippen molar-refractivity contribution in [3.63, 3.8) is 0 Å². The number of pyridine rings is 1. The van der Waals surface area contributed by atoms with Crippen molar-refractivity contribution in [1.29, 1.82) is 0 Å². The first-order valence-electron chi connectivity index (χ1n) is 11.2. The van der Waals surface area contributed by atoms with Crippen LogP contribution >= 0.6 is 23.4 Å². The first kappa shape index (κ1) is 32.0. The fraction of sp³-hybridized carbons (Fsp3) is 0.296. The lowest BCUT2D eigenvalue weighted by atomic mass is 9.86. The summed E-state index contributed by atoms with van der Waals surface area (Å²) in [5.41, 5.74) is 1.80. The van der Waals surface area contributed by atoms with Crippen LogP contribution in [0.5, 0.6) is 0 Å². The number of halogens is 4. The van der Waals surface area contributed by atoms with Crippen LogP contribution in [0.4, 0.5) is 24.5 Å². The number of alkyl halides is 1. The van der Waals surface area contributed by atoms with Crippen LogP contribution < -0.4 is 10.6 Å². The largest absolute Gasteiger partial charge is 0.386 e. The van der Waals surface area contributed by atoms with Crippen molar-refractivity contribution in [2.75, 3.05) is 29.8 Å². The smallest absolute Gasteiger partial charge is 0.230 e. The minimum atomic E-state index is -1.18. The molecule has 0 unspecified atom stereocenters. The first-order valence-corrected chi connectivity index (χ1v) is 13.0. The number of benzene rings is 2. The molecule has 0 spiro atoms. The number of hydrogen-bond donors (Lipinski definition) is 2. The van der Waals surface area contributed by atoms with Crippen molar-refractivity contribution in [1.82, 2.24) is 4.98 Å². The molecule has 5 nitrogen and oxygen atoms in total. The van der Waals surface area contributed by atoms with Gasteiger partial charge in [0, 0.05) is 53.5 Å². The van der Waals surface area contributed by atoms with Crippen molar-refractivity contribution in [3.8, 4) is 0 Å². The lowest BCUT2D eigenvalue weighted by molar-refractivity contribution is -0.115. The number of thioether (sulfide) groups is 1. The van der Waals surface area contributed by atoms with Crippen molar-refractivity contribution >= 4 is 46.9 Å². The molecule has 37 heavy (non-hydrogen) atoms. The van der Waals surface area contributed by atoms with E-state index in [4.69, 9.17) is 0 Å². The predicted molar refractivity (Wildman–Crippen MR) is 146 cm³/mol. The number of anilines is 2. The predicted octanol–water partition coefficient (Wildman–Crippen LogP) is 6.85. The highest BCUT2D eigenvalue weighted by Gasteiger charge is 2.19. The molecule has 0 bridgehead atoms. The fourth-order valence-electron chi connectivity index (χ4n) is 2.90. The van der Waals surface area contributed by atoms with Crippen molar-refractivity contribution in [2.45, 2.75) is 37.5 Å². The fourth-order valence-corrected chi connectivity index (χ4v) is 3.53. The average Bonchev–Trinajstić information content (AvgIpc) is 2.89. The second-order valence-electron chi connectivity index (χ2n) is 8.06. The summed E-state index contributed by atoms with van der Waals surface area (Å²) in [4.78, 5) is 28.6. The van der Waals surface area contributed by atoms with E-state index in [0.29, 0.717) is 11.8 Å². The first-order chi connectivity index (χ1) is 17.6. The Morgan fingerprint density at radius 1 is 1.03 bits per heavy atom. The quantitative estimate of drug-likeness (QED) is 0.138. The highest BCUT2D eigenvalue weighted by Crippen LogP contribution is 2.22. The molecule has 0 saturated carbocycles. The molecule has 0 fully saturated rings. The Hall–Kier alpha value is -3.04. The van der Waals surface area contributed by atoms with E-state index in [0.717, 1.165) is 34.3 Å². The monoisotopic (exact) mass is 553 g/mol. The zero-order chi connectivity index (χ0) is 28.0. The van der Waals surface area contributed by atoms with E-state index in [1.165, 1.54) is 13.4 Å². The number of aromatic nitrogens is 1. The van der Waals surface area contributed by atoms with Gasteiger partial charge < -0.3 is 15.4 Å². The van der Waals surface area contributed by atoms with Gasteiger partial charge in [0.15, 0.2) is 11.6 Å². The van der Waals surface area contributed by atoms with Crippen LogP contribution in [0.15, 0.2) is 59.6 Å². The molecule has 0 saturated heterocycles. The third-order valence-electron chi connectivity index (χ3n) is 4.94. The van der Waals surface area contributed by atoms with Gasteiger partial charge in [-0.15, -0.1) is 23.4 Å². The summed E-state index contributed by atoms with van der Waals surface area (Å²) < 4.78 is 37.2. The Morgan fingerprint density at radius 2 is 1.65 bits per heavy atom. The summed E-state index contributed by atoms with van der Waals surface area (Å²) in [5, 5.41) is 5.24. The van der Waals surface area contributed by atoms with Gasteiger partial charge in [-0.1, -0.05) is 19.1 Å². The number of carbonyl (C=O) groups is 2. The Labute approximate surface area is 225 Å². The van der Waals surface area contributed by atoms with Gasteiger partial charge >= 0.3 is 0 Å². The molecule has 0 aliphatic carbocycles. The number of aldehydes is 1. The molecule has 0 aliphatic rings. The Morgan fingerprint density at radius 3 is 2.16 bits per heavy atom. The van der Waals surface area contributed by atoms with E-state index in [2.05, 4.69) is 34.1 Å². The van der Waals surface area contributed by atoms with Gasteiger partial charge in [-0.2, -0.15) is 0 Å². The normalized spacial score (nSPS) is 10.3. The number of nitrogens with zero attached hydrogens (tertiary/aromatic N) is 1. The summed E-state index contributed by atoms with van der Waals surface area (Å²) in [6.45, 7) is 5.81. The summed E-state index contributed by atoms with van der Waals surface area (Å²) in [6.07, 6.45) is 4.43. The van der Waals surface area contributed by atoms with E-state index in [1.54, 1.807) is 18.0 Å². The SMILES string of the molecule is CCSc1ccc(CC(=O)Nc2ccc(C(C)(C)C=O)cc2)nc1.CCl.CNc1cc(F)c(F)cc1F. The Kier molecular flexibility index (Phi) is 13.8. The van der Waals surface area contributed by atoms with Crippen molar-refractivity contribution in [3.05, 3.63) is 83.4 Å². The third-order valence-corrected chi connectivity index (χ3v) is 5.80. The zero-order valence-electron chi connectivity index (χ0n) is 21.4. The maximum atomic E-state index is 12.6. The van der Waals surface area contributed by atoms with Crippen LogP contribution in [0.2, 0.25) is 0 Å². The maximum Gasteiger partial charge on any atom is 0.230 e. The molecule has 1 amide bonds. The van der Waals surface area contributed by atoms with E-state index in [1.807, 2.05) is 50.2 Å². The molecule has 1 heterocycles. The van der Waals surface area contributed by atoms with Gasteiger partial charge in [0.05, 0.1) is 12.1 Å². The minimum absolute atomic E-state index is 0.0519. The molecule has 200 valence electrons. The number of rotatable bonds is 8.